The van der Waals surface area contributed by atoms with Gasteiger partial charge in [0.15, 0.2) is 17.9 Å². The van der Waals surface area contributed by atoms with E-state index in [9.17, 15) is 0 Å². The van der Waals surface area contributed by atoms with Gasteiger partial charge in [0.2, 0.25) is 0 Å². The number of ether oxygens (including phenoxy) is 6. The molecule has 130 valence electrons. The molecular formula is C16H30O6. The van der Waals surface area contributed by atoms with Gasteiger partial charge in [0.1, 0.15) is 12.2 Å². The average Bonchev–Trinajstić information content (AvgIpc) is 2.89. The standard InChI is InChI=1S/C16H30O6/c1-9-11(19-14-12(9)20-16(5,6)22-14)13(10(2)17-7)21-15(3,4)18-8/h9-14H,1-8H3. The van der Waals surface area contributed by atoms with Crippen LogP contribution in [-0.2, 0) is 28.4 Å². The number of methoxy groups -OCH3 is 2. The highest BCUT2D eigenvalue weighted by Gasteiger charge is 2.56. The van der Waals surface area contributed by atoms with Crippen LogP contribution in [0.15, 0.2) is 0 Å². The average molecular weight is 318 g/mol. The molecular weight excluding hydrogens is 288 g/mol. The summed E-state index contributed by atoms with van der Waals surface area (Å²) in [6.45, 7) is 11.6. The van der Waals surface area contributed by atoms with Gasteiger partial charge in [-0.3, -0.25) is 0 Å². The molecule has 6 nitrogen and oxygen atoms in total. The third kappa shape index (κ3) is 3.63. The Balaban J connectivity index is 2.13. The molecule has 2 heterocycles. The van der Waals surface area contributed by atoms with Crippen LogP contribution < -0.4 is 0 Å². The van der Waals surface area contributed by atoms with Crippen molar-refractivity contribution in [2.45, 2.75) is 83.8 Å². The van der Waals surface area contributed by atoms with Gasteiger partial charge in [0.05, 0.1) is 12.2 Å². The van der Waals surface area contributed by atoms with Gasteiger partial charge in [-0.1, -0.05) is 6.92 Å². The van der Waals surface area contributed by atoms with Gasteiger partial charge in [-0.15, -0.1) is 0 Å². The van der Waals surface area contributed by atoms with E-state index in [0.29, 0.717) is 0 Å². The molecule has 0 aliphatic carbocycles. The molecule has 2 aliphatic rings. The first-order valence-corrected chi connectivity index (χ1v) is 7.87. The molecule has 0 aromatic carbocycles. The van der Waals surface area contributed by atoms with Crippen LogP contribution >= 0.6 is 0 Å². The number of fused-ring (bicyclic) bond motifs is 1. The maximum absolute atomic E-state index is 6.13. The van der Waals surface area contributed by atoms with Gasteiger partial charge in [0.25, 0.3) is 0 Å². The predicted molar refractivity (Wildman–Crippen MR) is 80.3 cm³/mol. The second-order valence-corrected chi connectivity index (χ2v) is 7.06. The Labute approximate surface area is 133 Å². The van der Waals surface area contributed by atoms with E-state index in [0.717, 1.165) is 0 Å². The van der Waals surface area contributed by atoms with Crippen molar-refractivity contribution in [3.05, 3.63) is 0 Å². The molecule has 0 aromatic rings. The van der Waals surface area contributed by atoms with Crippen LogP contribution in [0.5, 0.6) is 0 Å². The summed E-state index contributed by atoms with van der Waals surface area (Å²) in [5.41, 5.74) is 0. The first-order chi connectivity index (χ1) is 10.1. The third-order valence-electron chi connectivity index (χ3n) is 4.49. The lowest BCUT2D eigenvalue weighted by Crippen LogP contribution is -2.48. The summed E-state index contributed by atoms with van der Waals surface area (Å²) in [5, 5.41) is 0. The molecule has 6 atom stereocenters. The fraction of sp³-hybridized carbons (Fsp3) is 1.00. The summed E-state index contributed by atoms with van der Waals surface area (Å²) in [7, 11) is 3.29. The number of hydrogen-bond donors (Lipinski definition) is 0. The Morgan fingerprint density at radius 3 is 2.27 bits per heavy atom. The van der Waals surface area contributed by atoms with Gasteiger partial charge in [-0.2, -0.15) is 0 Å². The van der Waals surface area contributed by atoms with Crippen molar-refractivity contribution >= 4 is 0 Å². The van der Waals surface area contributed by atoms with Crippen LogP contribution in [0, 0.1) is 5.92 Å². The molecule has 2 aliphatic heterocycles. The molecule has 6 heteroatoms. The molecule has 0 spiro atoms. The molecule has 0 aromatic heterocycles. The van der Waals surface area contributed by atoms with E-state index >= 15 is 0 Å². The predicted octanol–water partition coefficient (Wildman–Crippen LogP) is 2.30. The minimum atomic E-state index is -0.723. The molecule has 2 saturated heterocycles. The molecule has 0 saturated carbocycles. The number of rotatable bonds is 6. The summed E-state index contributed by atoms with van der Waals surface area (Å²) >= 11 is 0. The van der Waals surface area contributed by atoms with E-state index in [1.54, 1.807) is 14.2 Å². The zero-order valence-electron chi connectivity index (χ0n) is 14.9. The Bertz CT molecular complexity index is 383. The smallest absolute Gasteiger partial charge is 0.187 e. The van der Waals surface area contributed by atoms with Crippen molar-refractivity contribution in [2.75, 3.05) is 14.2 Å². The first-order valence-electron chi connectivity index (χ1n) is 7.87. The van der Waals surface area contributed by atoms with E-state index in [4.69, 9.17) is 28.4 Å². The third-order valence-corrected chi connectivity index (χ3v) is 4.49. The van der Waals surface area contributed by atoms with Crippen molar-refractivity contribution < 1.29 is 28.4 Å². The summed E-state index contributed by atoms with van der Waals surface area (Å²) in [5.74, 6) is -1.20. The Kier molecular flexibility index (Phi) is 5.22. The fourth-order valence-electron chi connectivity index (χ4n) is 3.00. The minimum Gasteiger partial charge on any atom is -0.379 e. The summed E-state index contributed by atoms with van der Waals surface area (Å²) in [6, 6.07) is 0. The van der Waals surface area contributed by atoms with Crippen molar-refractivity contribution in [1.82, 2.24) is 0 Å². The van der Waals surface area contributed by atoms with Gasteiger partial charge in [-0.05, 0) is 34.6 Å². The molecule has 0 N–H and O–H groups in total. The molecule has 0 radical (unpaired) electrons. The lowest BCUT2D eigenvalue weighted by molar-refractivity contribution is -0.281. The highest BCUT2D eigenvalue weighted by Crippen LogP contribution is 2.43. The van der Waals surface area contributed by atoms with Crippen molar-refractivity contribution in [3.8, 4) is 0 Å². The highest BCUT2D eigenvalue weighted by molar-refractivity contribution is 4.96. The molecule has 2 rings (SSSR count). The Hall–Kier alpha value is -0.240. The summed E-state index contributed by atoms with van der Waals surface area (Å²) < 4.78 is 34.9. The van der Waals surface area contributed by atoms with Gasteiger partial charge in [-0.25, -0.2) is 0 Å². The zero-order valence-corrected chi connectivity index (χ0v) is 14.9. The van der Waals surface area contributed by atoms with Crippen molar-refractivity contribution in [2.24, 2.45) is 5.92 Å². The second-order valence-electron chi connectivity index (χ2n) is 7.06. The van der Waals surface area contributed by atoms with E-state index < -0.39 is 11.6 Å². The highest BCUT2D eigenvalue weighted by atomic mass is 16.8. The van der Waals surface area contributed by atoms with Crippen LogP contribution in [0.25, 0.3) is 0 Å². The van der Waals surface area contributed by atoms with Crippen LogP contribution in [-0.4, -0.2) is 56.5 Å². The topological polar surface area (TPSA) is 55.4 Å². The molecule has 2 fully saturated rings. The van der Waals surface area contributed by atoms with Gasteiger partial charge < -0.3 is 28.4 Å². The molecule has 0 amide bonds. The number of hydrogen-bond acceptors (Lipinski definition) is 6. The first kappa shape index (κ1) is 18.1. The second kappa shape index (κ2) is 6.34. The maximum Gasteiger partial charge on any atom is 0.187 e. The van der Waals surface area contributed by atoms with Crippen LogP contribution in [0.3, 0.4) is 0 Å². The molecule has 22 heavy (non-hydrogen) atoms. The van der Waals surface area contributed by atoms with E-state index in [1.165, 1.54) is 0 Å². The fourth-order valence-corrected chi connectivity index (χ4v) is 3.00. The normalized spacial score (nSPS) is 37.1. The molecule has 6 unspecified atom stereocenters. The lowest BCUT2D eigenvalue weighted by atomic mass is 9.94. The largest absolute Gasteiger partial charge is 0.379 e. The van der Waals surface area contributed by atoms with Crippen molar-refractivity contribution in [3.63, 3.8) is 0 Å². The van der Waals surface area contributed by atoms with Crippen LogP contribution in [0.1, 0.15) is 41.5 Å². The van der Waals surface area contributed by atoms with Gasteiger partial charge in [0, 0.05) is 20.1 Å². The van der Waals surface area contributed by atoms with Crippen LogP contribution in [0.4, 0.5) is 0 Å². The van der Waals surface area contributed by atoms with E-state index in [1.807, 2.05) is 34.6 Å². The maximum atomic E-state index is 6.13. The minimum absolute atomic E-state index is 0.0965. The Morgan fingerprint density at radius 1 is 1.14 bits per heavy atom. The zero-order chi connectivity index (χ0) is 16.7. The molecule has 0 bridgehead atoms. The summed E-state index contributed by atoms with van der Waals surface area (Å²) in [6.07, 6.45) is -1.07. The lowest BCUT2D eigenvalue weighted by Gasteiger charge is -2.37. The quantitative estimate of drug-likeness (QED) is 0.701. The van der Waals surface area contributed by atoms with Gasteiger partial charge >= 0.3 is 0 Å². The van der Waals surface area contributed by atoms with Crippen LogP contribution in [0.2, 0.25) is 0 Å². The van der Waals surface area contributed by atoms with E-state index in [2.05, 4.69) is 6.92 Å². The SMILES string of the molecule is COC(C)C(OC(C)(C)OC)C1OC2OC(C)(C)OC2C1C. The van der Waals surface area contributed by atoms with Crippen molar-refractivity contribution in [1.29, 1.82) is 0 Å². The monoisotopic (exact) mass is 318 g/mol. The van der Waals surface area contributed by atoms with E-state index in [-0.39, 0.29) is 36.6 Å². The Morgan fingerprint density at radius 2 is 1.77 bits per heavy atom. The summed E-state index contributed by atoms with van der Waals surface area (Å²) in [4.78, 5) is 0.